The molecule has 0 aromatic heterocycles. The molecular formula is C16H36CuN2O2. The van der Waals surface area contributed by atoms with E-state index < -0.39 is 0 Å². The first kappa shape index (κ1) is 26.3. The molecule has 2 atom stereocenters. The van der Waals surface area contributed by atoms with Gasteiger partial charge in [-0.15, -0.1) is 13.2 Å². The first-order valence-corrected chi connectivity index (χ1v) is 8.15. The second-order valence-corrected chi connectivity index (χ2v) is 5.36. The van der Waals surface area contributed by atoms with Crippen molar-refractivity contribution in [1.29, 1.82) is 0 Å². The van der Waals surface area contributed by atoms with E-state index in [2.05, 4.69) is 24.5 Å². The standard InChI is InChI=1S/2C8H18NO.Cu/c2*1-3-8(7-9-2)5-4-6-10;/h2*8-9H,3-7H2,1-2H3;/q2*-1;+2. The van der Waals surface area contributed by atoms with Gasteiger partial charge in [-0.05, 0) is 39.0 Å². The zero-order valence-corrected chi connectivity index (χ0v) is 15.3. The summed E-state index contributed by atoms with van der Waals surface area (Å²) in [6.07, 6.45) is 6.20. The van der Waals surface area contributed by atoms with Crippen molar-refractivity contribution in [3.63, 3.8) is 0 Å². The van der Waals surface area contributed by atoms with E-state index >= 15 is 0 Å². The Kier molecular flexibility index (Phi) is 28.3. The second kappa shape index (κ2) is 22.6. The molecule has 2 N–H and O–H groups in total. The third-order valence-corrected chi connectivity index (χ3v) is 3.65. The summed E-state index contributed by atoms with van der Waals surface area (Å²) in [5.41, 5.74) is 0. The summed E-state index contributed by atoms with van der Waals surface area (Å²) in [4.78, 5) is 0. The van der Waals surface area contributed by atoms with Gasteiger partial charge in [-0.2, -0.15) is 0 Å². The molecule has 133 valence electrons. The fraction of sp³-hybridized carbons (Fsp3) is 1.00. The Hall–Kier alpha value is 0.359. The molecule has 1 radical (unpaired) electrons. The normalized spacial score (nSPS) is 12.9. The molecule has 0 aliphatic carbocycles. The Bertz CT molecular complexity index is 156. The minimum absolute atomic E-state index is 0. The maximum Gasteiger partial charge on any atom is 2.00 e. The number of hydrogen-bond acceptors (Lipinski definition) is 4. The van der Waals surface area contributed by atoms with Crippen LogP contribution in [0.3, 0.4) is 0 Å². The molecule has 0 aliphatic rings. The second-order valence-electron chi connectivity index (χ2n) is 5.36. The summed E-state index contributed by atoms with van der Waals surface area (Å²) in [5, 5.41) is 26.5. The summed E-state index contributed by atoms with van der Waals surface area (Å²) in [6.45, 7) is 6.62. The molecule has 21 heavy (non-hydrogen) atoms. The Labute approximate surface area is 143 Å². The molecule has 0 bridgehead atoms. The molecular weight excluding hydrogens is 316 g/mol. The van der Waals surface area contributed by atoms with Crippen molar-refractivity contribution in [2.75, 3.05) is 40.4 Å². The third-order valence-electron chi connectivity index (χ3n) is 3.65. The topological polar surface area (TPSA) is 70.2 Å². The Morgan fingerprint density at radius 1 is 0.762 bits per heavy atom. The average Bonchev–Trinajstić information content (AvgIpc) is 2.48. The number of rotatable bonds is 12. The zero-order valence-electron chi connectivity index (χ0n) is 14.3. The van der Waals surface area contributed by atoms with Crippen molar-refractivity contribution in [1.82, 2.24) is 10.6 Å². The van der Waals surface area contributed by atoms with E-state index in [1.54, 1.807) is 0 Å². The van der Waals surface area contributed by atoms with Crippen molar-refractivity contribution in [2.45, 2.75) is 52.4 Å². The minimum Gasteiger partial charge on any atom is -0.854 e. The van der Waals surface area contributed by atoms with Crippen LogP contribution in [-0.4, -0.2) is 40.4 Å². The molecule has 0 rings (SSSR count). The molecule has 0 saturated heterocycles. The number of nitrogens with one attached hydrogen (secondary N) is 2. The first-order valence-electron chi connectivity index (χ1n) is 8.15. The summed E-state index contributed by atoms with van der Waals surface area (Å²) in [6, 6.07) is 0. The maximum absolute atomic E-state index is 10.1. The monoisotopic (exact) mass is 351 g/mol. The Morgan fingerprint density at radius 2 is 1.10 bits per heavy atom. The van der Waals surface area contributed by atoms with Crippen LogP contribution in [0.15, 0.2) is 0 Å². The Morgan fingerprint density at radius 3 is 1.29 bits per heavy atom. The fourth-order valence-electron chi connectivity index (χ4n) is 2.22. The van der Waals surface area contributed by atoms with Gasteiger partial charge in [-0.3, -0.25) is 0 Å². The largest absolute Gasteiger partial charge is 2.00 e. The van der Waals surface area contributed by atoms with E-state index in [4.69, 9.17) is 0 Å². The Balaban J connectivity index is -0.000000295. The van der Waals surface area contributed by atoms with Crippen LogP contribution in [0.5, 0.6) is 0 Å². The van der Waals surface area contributed by atoms with Crippen LogP contribution >= 0.6 is 0 Å². The van der Waals surface area contributed by atoms with Crippen molar-refractivity contribution in [3.05, 3.63) is 0 Å². The van der Waals surface area contributed by atoms with E-state index in [0.29, 0.717) is 11.8 Å². The molecule has 2 unspecified atom stereocenters. The van der Waals surface area contributed by atoms with E-state index in [0.717, 1.165) is 38.8 Å². The molecule has 0 amide bonds. The fourth-order valence-corrected chi connectivity index (χ4v) is 2.22. The van der Waals surface area contributed by atoms with Gasteiger partial charge in [-0.1, -0.05) is 52.4 Å². The van der Waals surface area contributed by atoms with Crippen LogP contribution in [0.25, 0.3) is 0 Å². The van der Waals surface area contributed by atoms with Crippen LogP contribution in [0, 0.1) is 11.8 Å². The van der Waals surface area contributed by atoms with Gasteiger partial charge in [-0.25, -0.2) is 0 Å². The van der Waals surface area contributed by atoms with E-state index in [9.17, 15) is 10.2 Å². The van der Waals surface area contributed by atoms with Crippen LogP contribution in [0.2, 0.25) is 0 Å². The summed E-state index contributed by atoms with van der Waals surface area (Å²) in [7, 11) is 3.92. The summed E-state index contributed by atoms with van der Waals surface area (Å²) in [5.74, 6) is 1.41. The summed E-state index contributed by atoms with van der Waals surface area (Å²) < 4.78 is 0. The minimum atomic E-state index is 0. The van der Waals surface area contributed by atoms with Crippen molar-refractivity contribution < 1.29 is 27.3 Å². The quantitative estimate of drug-likeness (QED) is 0.509. The summed E-state index contributed by atoms with van der Waals surface area (Å²) >= 11 is 0. The van der Waals surface area contributed by atoms with E-state index in [-0.39, 0.29) is 30.3 Å². The van der Waals surface area contributed by atoms with Gasteiger partial charge in [0.25, 0.3) is 0 Å². The van der Waals surface area contributed by atoms with E-state index in [1.807, 2.05) is 14.1 Å². The average molecular weight is 352 g/mol. The van der Waals surface area contributed by atoms with Crippen LogP contribution in [-0.2, 0) is 17.1 Å². The molecule has 0 aliphatic heterocycles. The van der Waals surface area contributed by atoms with Gasteiger partial charge in [0, 0.05) is 0 Å². The molecule has 0 heterocycles. The maximum atomic E-state index is 10.1. The SMILES string of the molecule is CCC(CCC[O-])CNC.CCC(CCC[O-])CNC.[Cu+2]. The molecule has 0 aromatic rings. The predicted octanol–water partition coefficient (Wildman–Crippen LogP) is 0.743. The molecule has 0 saturated carbocycles. The predicted molar refractivity (Wildman–Crippen MR) is 83.6 cm³/mol. The molecule has 4 nitrogen and oxygen atoms in total. The van der Waals surface area contributed by atoms with Crippen LogP contribution in [0.4, 0.5) is 0 Å². The van der Waals surface area contributed by atoms with Crippen LogP contribution in [0.1, 0.15) is 52.4 Å². The molecule has 0 fully saturated rings. The van der Waals surface area contributed by atoms with E-state index in [1.165, 1.54) is 12.8 Å². The van der Waals surface area contributed by atoms with Gasteiger partial charge in [0.2, 0.25) is 0 Å². The molecule has 0 aromatic carbocycles. The third kappa shape index (κ3) is 20.4. The molecule has 0 spiro atoms. The number of hydrogen-bond donors (Lipinski definition) is 2. The van der Waals surface area contributed by atoms with Gasteiger partial charge in [0.05, 0.1) is 0 Å². The van der Waals surface area contributed by atoms with Gasteiger partial charge in [0.15, 0.2) is 0 Å². The zero-order chi connectivity index (χ0) is 15.6. The van der Waals surface area contributed by atoms with Gasteiger partial charge >= 0.3 is 17.1 Å². The van der Waals surface area contributed by atoms with Crippen molar-refractivity contribution >= 4 is 0 Å². The van der Waals surface area contributed by atoms with Crippen LogP contribution < -0.4 is 20.8 Å². The van der Waals surface area contributed by atoms with Crippen molar-refractivity contribution in [3.8, 4) is 0 Å². The molecule has 5 heteroatoms. The van der Waals surface area contributed by atoms with Gasteiger partial charge < -0.3 is 20.8 Å². The van der Waals surface area contributed by atoms with Crippen molar-refractivity contribution in [2.24, 2.45) is 11.8 Å². The van der Waals surface area contributed by atoms with Gasteiger partial charge in [0.1, 0.15) is 0 Å². The smallest absolute Gasteiger partial charge is 0.854 e. The first-order chi connectivity index (χ1) is 9.69.